The first-order chi connectivity index (χ1) is 3.79. The maximum absolute atomic E-state index is 10.3. The number of aromatic amines is 1. The van der Waals surface area contributed by atoms with Crippen LogP contribution in [0.4, 0.5) is 0 Å². The van der Waals surface area contributed by atoms with Crippen LogP contribution >= 0.6 is 15.9 Å². The maximum atomic E-state index is 10.3. The van der Waals surface area contributed by atoms with Gasteiger partial charge >= 0.3 is 0 Å². The molecule has 0 fully saturated rings. The van der Waals surface area contributed by atoms with E-state index in [1.54, 1.807) is 12.3 Å². The summed E-state index contributed by atoms with van der Waals surface area (Å²) in [7, 11) is 0. The standard InChI is InChI=1S/C5H4BrNO.K/c6-4-1-2-5(8)7-3-4;/h1-3H,(H,7,8);. The van der Waals surface area contributed by atoms with Crippen LogP contribution in [0, 0.1) is 0 Å². The summed E-state index contributed by atoms with van der Waals surface area (Å²) >= 11 is 3.18. The van der Waals surface area contributed by atoms with Gasteiger partial charge in [-0.15, -0.1) is 0 Å². The summed E-state index contributed by atoms with van der Waals surface area (Å²) in [6.45, 7) is 0. The number of hydrogen-bond donors (Lipinski definition) is 1. The van der Waals surface area contributed by atoms with Crippen molar-refractivity contribution in [1.82, 2.24) is 4.98 Å². The van der Waals surface area contributed by atoms with Crippen molar-refractivity contribution in [3.8, 4) is 0 Å². The fraction of sp³-hybridized carbons (Fsp3) is 0. The number of nitrogens with one attached hydrogen (secondary N) is 1. The third-order valence-corrected chi connectivity index (χ3v) is 1.24. The molecule has 0 saturated heterocycles. The van der Waals surface area contributed by atoms with Crippen molar-refractivity contribution in [2.24, 2.45) is 0 Å². The van der Waals surface area contributed by atoms with E-state index in [0.29, 0.717) is 0 Å². The van der Waals surface area contributed by atoms with E-state index < -0.39 is 0 Å². The molecule has 1 N–H and O–H groups in total. The van der Waals surface area contributed by atoms with Gasteiger partial charge in [-0.25, -0.2) is 0 Å². The minimum atomic E-state index is -0.0757. The average molecular weight is 213 g/mol. The molecule has 0 saturated carbocycles. The van der Waals surface area contributed by atoms with E-state index in [1.807, 2.05) is 0 Å². The summed E-state index contributed by atoms with van der Waals surface area (Å²) in [5, 5.41) is 0. The molecule has 0 amide bonds. The van der Waals surface area contributed by atoms with E-state index in [4.69, 9.17) is 0 Å². The van der Waals surface area contributed by atoms with E-state index in [1.165, 1.54) is 6.07 Å². The predicted molar refractivity (Wildman–Crippen MR) is 40.5 cm³/mol. The zero-order chi connectivity index (χ0) is 5.98. The Balaban J connectivity index is 0.000000640. The van der Waals surface area contributed by atoms with Gasteiger partial charge < -0.3 is 4.98 Å². The first kappa shape index (κ1) is 10.1. The zero-order valence-electron chi connectivity index (χ0n) is 5.02. The van der Waals surface area contributed by atoms with Gasteiger partial charge in [0.1, 0.15) is 0 Å². The van der Waals surface area contributed by atoms with Crippen molar-refractivity contribution in [1.29, 1.82) is 0 Å². The van der Waals surface area contributed by atoms with Crippen LogP contribution in [-0.2, 0) is 0 Å². The molecular weight excluding hydrogens is 209 g/mol. The molecule has 0 spiro atoms. The Morgan fingerprint density at radius 2 is 2.11 bits per heavy atom. The molecule has 1 aromatic heterocycles. The molecule has 0 bridgehead atoms. The molecule has 1 heterocycles. The molecular formula is C5H4BrKNO. The largest absolute Gasteiger partial charge is 0.328 e. The quantitative estimate of drug-likeness (QED) is 0.634. The topological polar surface area (TPSA) is 32.9 Å². The second-order valence-electron chi connectivity index (χ2n) is 1.37. The molecule has 2 nitrogen and oxygen atoms in total. The van der Waals surface area contributed by atoms with Gasteiger partial charge in [-0.3, -0.25) is 4.79 Å². The Morgan fingerprint density at radius 3 is 2.44 bits per heavy atom. The van der Waals surface area contributed by atoms with E-state index in [0.717, 1.165) is 4.47 Å². The Labute approximate surface area is 104 Å². The molecule has 1 rings (SSSR count). The van der Waals surface area contributed by atoms with Crippen molar-refractivity contribution in [3.63, 3.8) is 0 Å². The number of rotatable bonds is 0. The van der Waals surface area contributed by atoms with E-state index in [2.05, 4.69) is 20.9 Å². The second kappa shape index (κ2) is 4.82. The van der Waals surface area contributed by atoms with Crippen LogP contribution in [0.1, 0.15) is 0 Å². The molecule has 0 aliphatic heterocycles. The summed E-state index contributed by atoms with van der Waals surface area (Å²) < 4.78 is 0.886. The van der Waals surface area contributed by atoms with Gasteiger partial charge in [0.25, 0.3) is 0 Å². The monoisotopic (exact) mass is 212 g/mol. The SMILES string of the molecule is O=c1ccc(Br)c[nH]1.[K]. The van der Waals surface area contributed by atoms with Crippen molar-refractivity contribution < 1.29 is 0 Å². The number of H-pyrrole nitrogens is 1. The minimum Gasteiger partial charge on any atom is -0.328 e. The molecule has 1 radical (unpaired) electrons. The van der Waals surface area contributed by atoms with Crippen LogP contribution in [0.5, 0.6) is 0 Å². The fourth-order valence-corrected chi connectivity index (χ4v) is 0.638. The van der Waals surface area contributed by atoms with Crippen LogP contribution in [-0.4, -0.2) is 56.4 Å². The van der Waals surface area contributed by atoms with Crippen molar-refractivity contribution in [2.45, 2.75) is 0 Å². The molecule has 9 heavy (non-hydrogen) atoms. The van der Waals surface area contributed by atoms with Gasteiger partial charge in [-0.1, -0.05) is 0 Å². The summed E-state index contributed by atoms with van der Waals surface area (Å²) in [4.78, 5) is 12.8. The molecule has 0 unspecified atom stereocenters. The van der Waals surface area contributed by atoms with Crippen molar-refractivity contribution >= 4 is 67.3 Å². The van der Waals surface area contributed by atoms with E-state index in [9.17, 15) is 4.79 Å². The van der Waals surface area contributed by atoms with Crippen LogP contribution in [0.15, 0.2) is 27.6 Å². The second-order valence-corrected chi connectivity index (χ2v) is 2.29. The van der Waals surface area contributed by atoms with Crippen LogP contribution in [0.25, 0.3) is 0 Å². The smallest absolute Gasteiger partial charge is 0.247 e. The normalized spacial score (nSPS) is 8.11. The molecule has 0 aromatic carbocycles. The summed E-state index contributed by atoms with van der Waals surface area (Å²) in [6, 6.07) is 3.16. The molecule has 0 aliphatic carbocycles. The van der Waals surface area contributed by atoms with Gasteiger partial charge in [0.15, 0.2) is 0 Å². The van der Waals surface area contributed by atoms with Gasteiger partial charge in [-0.2, -0.15) is 0 Å². The van der Waals surface area contributed by atoms with Gasteiger partial charge in [-0.05, 0) is 22.0 Å². The summed E-state index contributed by atoms with van der Waals surface area (Å²) in [5.74, 6) is 0. The van der Waals surface area contributed by atoms with Gasteiger partial charge in [0, 0.05) is 68.1 Å². The fourth-order valence-electron chi connectivity index (χ4n) is 0.392. The molecule has 43 valence electrons. The zero-order valence-corrected chi connectivity index (χ0v) is 9.73. The number of aromatic nitrogens is 1. The number of hydrogen-bond acceptors (Lipinski definition) is 1. The molecule has 0 aliphatic rings. The van der Waals surface area contributed by atoms with E-state index >= 15 is 0 Å². The van der Waals surface area contributed by atoms with Crippen molar-refractivity contribution in [2.75, 3.05) is 0 Å². The third-order valence-electron chi connectivity index (χ3n) is 0.746. The third kappa shape index (κ3) is 3.70. The van der Waals surface area contributed by atoms with Crippen molar-refractivity contribution in [3.05, 3.63) is 33.2 Å². The Bertz CT molecular complexity index is 214. The number of pyridine rings is 1. The van der Waals surface area contributed by atoms with E-state index in [-0.39, 0.29) is 56.9 Å². The summed E-state index contributed by atoms with van der Waals surface area (Å²) in [6.07, 6.45) is 1.60. The Kier molecular flexibility index (Phi) is 5.39. The maximum Gasteiger partial charge on any atom is 0.247 e. The molecule has 0 atom stereocenters. The van der Waals surface area contributed by atoms with Crippen LogP contribution in [0.2, 0.25) is 0 Å². The first-order valence-electron chi connectivity index (χ1n) is 2.13. The summed E-state index contributed by atoms with van der Waals surface area (Å²) in [5.41, 5.74) is -0.0757. The average Bonchev–Trinajstić information content (AvgIpc) is 1.77. The molecule has 4 heteroatoms. The van der Waals surface area contributed by atoms with Crippen LogP contribution in [0.3, 0.4) is 0 Å². The van der Waals surface area contributed by atoms with Gasteiger partial charge in [0.05, 0.1) is 0 Å². The van der Waals surface area contributed by atoms with Gasteiger partial charge in [0.2, 0.25) is 5.56 Å². The van der Waals surface area contributed by atoms with Crippen LogP contribution < -0.4 is 5.56 Å². The Morgan fingerprint density at radius 1 is 1.44 bits per heavy atom. The number of halogens is 1. The Hall–Kier alpha value is 1.07. The molecule has 1 aromatic rings. The predicted octanol–water partition coefficient (Wildman–Crippen LogP) is 0.757. The first-order valence-corrected chi connectivity index (χ1v) is 2.92. The minimum absolute atomic E-state index is 0.